The highest BCUT2D eigenvalue weighted by atomic mass is 35.5. The fourth-order valence-electron chi connectivity index (χ4n) is 2.39. The van der Waals surface area contributed by atoms with Gasteiger partial charge in [-0.2, -0.15) is 0 Å². The lowest BCUT2D eigenvalue weighted by Crippen LogP contribution is -2.31. The Morgan fingerprint density at radius 2 is 2.00 bits per heavy atom. The average molecular weight is 367 g/mol. The van der Waals surface area contributed by atoms with Crippen LogP contribution in [0.15, 0.2) is 36.5 Å². The molecule has 1 fully saturated rings. The Labute approximate surface area is 149 Å². The Kier molecular flexibility index (Phi) is 4.83. The number of ether oxygens (including phenoxy) is 1. The summed E-state index contributed by atoms with van der Waals surface area (Å²) >= 11 is 12.1. The molecule has 0 spiro atoms. The Morgan fingerprint density at radius 1 is 1.29 bits per heavy atom. The van der Waals surface area contributed by atoms with E-state index in [1.54, 1.807) is 18.3 Å². The van der Waals surface area contributed by atoms with E-state index < -0.39 is 6.09 Å². The molecule has 5 nitrogen and oxygen atoms in total. The number of hydrogen-bond donors (Lipinski definition) is 2. The van der Waals surface area contributed by atoms with Gasteiger partial charge in [-0.25, -0.2) is 9.78 Å². The lowest BCUT2D eigenvalue weighted by molar-refractivity contribution is 0.184. The number of carboxylic acid groups (broad SMARTS) is 1. The number of pyridine rings is 1. The first-order valence-electron chi connectivity index (χ1n) is 7.49. The molecular formula is C17H16Cl2N2O3. The van der Waals surface area contributed by atoms with Gasteiger partial charge in [0.15, 0.2) is 0 Å². The van der Waals surface area contributed by atoms with Crippen molar-refractivity contribution in [2.45, 2.75) is 12.8 Å². The summed E-state index contributed by atoms with van der Waals surface area (Å²) in [6, 6.07) is 9.15. The summed E-state index contributed by atoms with van der Waals surface area (Å²) in [4.78, 5) is 14.8. The largest absolute Gasteiger partial charge is 0.491 e. The van der Waals surface area contributed by atoms with Gasteiger partial charge in [0, 0.05) is 22.5 Å². The number of amides is 1. The third kappa shape index (κ3) is 4.10. The minimum atomic E-state index is -1.01. The van der Waals surface area contributed by atoms with Crippen molar-refractivity contribution in [3.63, 3.8) is 0 Å². The number of nitrogens with one attached hydrogen (secondary N) is 1. The molecule has 1 aromatic carbocycles. The van der Waals surface area contributed by atoms with Crippen LogP contribution in [0.1, 0.15) is 12.8 Å². The van der Waals surface area contributed by atoms with Gasteiger partial charge >= 0.3 is 6.09 Å². The van der Waals surface area contributed by atoms with Gasteiger partial charge in [-0.15, -0.1) is 0 Å². The van der Waals surface area contributed by atoms with Crippen LogP contribution < -0.4 is 10.1 Å². The molecule has 1 aliphatic rings. The van der Waals surface area contributed by atoms with Crippen LogP contribution in [0, 0.1) is 5.41 Å². The van der Waals surface area contributed by atoms with Gasteiger partial charge in [0.05, 0.1) is 12.8 Å². The number of carbonyl (C=O) groups is 1. The van der Waals surface area contributed by atoms with Crippen LogP contribution in [0.4, 0.5) is 4.79 Å². The fourth-order valence-corrected chi connectivity index (χ4v) is 2.73. The lowest BCUT2D eigenvalue weighted by atomic mass is 10.1. The van der Waals surface area contributed by atoms with Gasteiger partial charge in [-0.1, -0.05) is 35.3 Å². The maximum Gasteiger partial charge on any atom is 0.404 e. The van der Waals surface area contributed by atoms with Gasteiger partial charge in [0.1, 0.15) is 10.9 Å². The van der Waals surface area contributed by atoms with E-state index in [1.165, 1.54) is 0 Å². The molecular weight excluding hydrogens is 351 g/mol. The van der Waals surface area contributed by atoms with E-state index in [1.807, 2.05) is 18.2 Å². The Balaban J connectivity index is 1.70. The summed E-state index contributed by atoms with van der Waals surface area (Å²) in [5.41, 5.74) is 1.55. The summed E-state index contributed by atoms with van der Waals surface area (Å²) in [5.74, 6) is 0.603. The van der Waals surface area contributed by atoms with Crippen molar-refractivity contribution in [2.75, 3.05) is 13.2 Å². The standard InChI is InChI=1S/C17H16Cl2N2O3/c18-12-3-1-11(2-4-12)14-7-13(8-20-15(14)19)24-10-17(5-6-17)9-21-16(22)23/h1-4,7-8,21H,5-6,9-10H2,(H,22,23). The second-order valence-electron chi connectivity index (χ2n) is 5.96. The molecule has 1 amide bonds. The Hall–Kier alpha value is -1.98. The van der Waals surface area contributed by atoms with E-state index in [4.69, 9.17) is 33.0 Å². The molecule has 7 heteroatoms. The van der Waals surface area contributed by atoms with Crippen molar-refractivity contribution in [2.24, 2.45) is 5.41 Å². The predicted octanol–water partition coefficient (Wildman–Crippen LogP) is 4.48. The van der Waals surface area contributed by atoms with Crippen molar-refractivity contribution < 1.29 is 14.6 Å². The summed E-state index contributed by atoms with van der Waals surface area (Å²) in [6.07, 6.45) is 2.44. The van der Waals surface area contributed by atoms with Crippen LogP contribution in [-0.2, 0) is 0 Å². The van der Waals surface area contributed by atoms with Gasteiger partial charge in [0.25, 0.3) is 0 Å². The van der Waals surface area contributed by atoms with Crippen LogP contribution >= 0.6 is 23.2 Å². The molecule has 2 N–H and O–H groups in total. The topological polar surface area (TPSA) is 71.5 Å². The second-order valence-corrected chi connectivity index (χ2v) is 6.76. The third-order valence-electron chi connectivity index (χ3n) is 4.09. The van der Waals surface area contributed by atoms with Gasteiger partial charge in [0.2, 0.25) is 0 Å². The third-order valence-corrected chi connectivity index (χ3v) is 4.64. The number of halogens is 2. The zero-order chi connectivity index (χ0) is 17.2. The van der Waals surface area contributed by atoms with Gasteiger partial charge < -0.3 is 15.2 Å². The number of hydrogen-bond acceptors (Lipinski definition) is 3. The highest BCUT2D eigenvalue weighted by Crippen LogP contribution is 2.45. The second kappa shape index (κ2) is 6.87. The average Bonchev–Trinajstić information content (AvgIpc) is 3.34. The van der Waals surface area contributed by atoms with Crippen LogP contribution in [0.25, 0.3) is 11.1 Å². The van der Waals surface area contributed by atoms with Gasteiger partial charge in [-0.3, -0.25) is 0 Å². The zero-order valence-electron chi connectivity index (χ0n) is 12.8. The molecule has 126 valence electrons. The fraction of sp³-hybridized carbons (Fsp3) is 0.294. The molecule has 0 saturated heterocycles. The summed E-state index contributed by atoms with van der Waals surface area (Å²) in [6.45, 7) is 0.837. The van der Waals surface area contributed by atoms with Crippen LogP contribution in [-0.4, -0.2) is 29.3 Å². The quantitative estimate of drug-likeness (QED) is 0.739. The van der Waals surface area contributed by atoms with E-state index in [2.05, 4.69) is 10.3 Å². The molecule has 0 atom stereocenters. The first-order valence-corrected chi connectivity index (χ1v) is 8.24. The van der Waals surface area contributed by atoms with E-state index in [0.29, 0.717) is 29.1 Å². The first kappa shape index (κ1) is 16.9. The first-order chi connectivity index (χ1) is 11.5. The molecule has 24 heavy (non-hydrogen) atoms. The molecule has 0 radical (unpaired) electrons. The van der Waals surface area contributed by atoms with Crippen molar-refractivity contribution >= 4 is 29.3 Å². The maximum atomic E-state index is 10.6. The number of benzene rings is 1. The molecule has 0 unspecified atom stereocenters. The van der Waals surface area contributed by atoms with Crippen molar-refractivity contribution in [1.29, 1.82) is 0 Å². The van der Waals surface area contributed by atoms with E-state index in [0.717, 1.165) is 24.0 Å². The smallest absolute Gasteiger partial charge is 0.404 e. The van der Waals surface area contributed by atoms with E-state index in [9.17, 15) is 4.79 Å². The molecule has 0 aliphatic heterocycles. The van der Waals surface area contributed by atoms with Gasteiger partial charge in [-0.05, 0) is 36.6 Å². The Bertz CT molecular complexity index is 746. The SMILES string of the molecule is O=C(O)NCC1(COc2cnc(Cl)c(-c3ccc(Cl)cc3)c2)CC1. The van der Waals surface area contributed by atoms with E-state index >= 15 is 0 Å². The molecule has 1 saturated carbocycles. The minimum Gasteiger partial charge on any atom is -0.491 e. The van der Waals surface area contributed by atoms with Crippen molar-refractivity contribution in [3.8, 4) is 16.9 Å². The number of nitrogens with zero attached hydrogens (tertiary/aromatic N) is 1. The molecule has 1 aliphatic carbocycles. The zero-order valence-corrected chi connectivity index (χ0v) is 14.3. The van der Waals surface area contributed by atoms with Crippen molar-refractivity contribution in [1.82, 2.24) is 10.3 Å². The highest BCUT2D eigenvalue weighted by molar-refractivity contribution is 6.32. The summed E-state index contributed by atoms with van der Waals surface area (Å²) < 4.78 is 5.83. The summed E-state index contributed by atoms with van der Waals surface area (Å²) in [7, 11) is 0. The molecule has 2 aromatic rings. The molecule has 3 rings (SSSR count). The normalized spacial score (nSPS) is 14.9. The molecule has 0 bridgehead atoms. The monoisotopic (exact) mass is 366 g/mol. The number of aromatic nitrogens is 1. The number of rotatable bonds is 6. The molecule has 1 heterocycles. The van der Waals surface area contributed by atoms with E-state index in [-0.39, 0.29) is 5.41 Å². The highest BCUT2D eigenvalue weighted by Gasteiger charge is 2.43. The van der Waals surface area contributed by atoms with Crippen molar-refractivity contribution in [3.05, 3.63) is 46.7 Å². The summed E-state index contributed by atoms with van der Waals surface area (Å²) in [5, 5.41) is 12.2. The lowest BCUT2D eigenvalue weighted by Gasteiger charge is -2.16. The van der Waals surface area contributed by atoms with Crippen LogP contribution in [0.5, 0.6) is 5.75 Å². The Morgan fingerprint density at radius 3 is 2.62 bits per heavy atom. The minimum absolute atomic E-state index is 0.113. The maximum absolute atomic E-state index is 10.6. The van der Waals surface area contributed by atoms with Crippen LogP contribution in [0.2, 0.25) is 10.2 Å². The molecule has 1 aromatic heterocycles. The van der Waals surface area contributed by atoms with Crippen LogP contribution in [0.3, 0.4) is 0 Å². The predicted molar refractivity (Wildman–Crippen MR) is 92.9 cm³/mol.